The Morgan fingerprint density at radius 3 is 2.41 bits per heavy atom. The Morgan fingerprint density at radius 1 is 1.17 bits per heavy atom. The molecule has 0 spiro atoms. The fourth-order valence-corrected chi connectivity index (χ4v) is 3.14. The molecule has 1 heterocycles. The molecule has 6 nitrogen and oxygen atoms in total. The third-order valence-corrected chi connectivity index (χ3v) is 4.88. The fourth-order valence-electron chi connectivity index (χ4n) is 3.14. The zero-order valence-electron chi connectivity index (χ0n) is 16.5. The van der Waals surface area contributed by atoms with Gasteiger partial charge in [0.15, 0.2) is 0 Å². The number of aromatic hydroxyl groups is 1. The zero-order valence-corrected chi connectivity index (χ0v) is 16.5. The summed E-state index contributed by atoms with van der Waals surface area (Å²) in [6.07, 6.45) is 1.47. The van der Waals surface area contributed by atoms with E-state index in [0.717, 1.165) is 5.56 Å². The molecular formula is C23H21N3O3. The Balaban J connectivity index is 2.13. The Bertz CT molecular complexity index is 1140. The maximum absolute atomic E-state index is 12.9. The maximum atomic E-state index is 12.9. The summed E-state index contributed by atoms with van der Waals surface area (Å²) in [5.41, 5.74) is 1.68. The normalized spacial score (nSPS) is 11.9. The molecule has 0 amide bonds. The van der Waals surface area contributed by atoms with Gasteiger partial charge in [-0.2, -0.15) is 5.26 Å². The van der Waals surface area contributed by atoms with Crippen LogP contribution in [0.3, 0.4) is 0 Å². The van der Waals surface area contributed by atoms with Crippen LogP contribution in [-0.4, -0.2) is 23.0 Å². The molecule has 3 rings (SSSR count). The van der Waals surface area contributed by atoms with Gasteiger partial charge in [0.2, 0.25) is 5.88 Å². The van der Waals surface area contributed by atoms with Crippen molar-refractivity contribution in [3.05, 3.63) is 87.2 Å². The number of aromatic nitrogens is 1. The number of benzene rings is 2. The number of hydrogen-bond acceptors (Lipinski definition) is 5. The molecule has 1 N–H and O–H groups in total. The van der Waals surface area contributed by atoms with Gasteiger partial charge in [0.05, 0.1) is 24.4 Å². The van der Waals surface area contributed by atoms with Gasteiger partial charge in [0.1, 0.15) is 17.4 Å². The predicted molar refractivity (Wildman–Crippen MR) is 112 cm³/mol. The van der Waals surface area contributed by atoms with Crippen LogP contribution in [-0.2, 0) is 0 Å². The van der Waals surface area contributed by atoms with Crippen LogP contribution in [0.5, 0.6) is 11.6 Å². The lowest BCUT2D eigenvalue weighted by atomic mass is 10.0. The number of rotatable bonds is 5. The summed E-state index contributed by atoms with van der Waals surface area (Å²) in [6.45, 7) is 3.43. The Kier molecular flexibility index (Phi) is 5.79. The highest BCUT2D eigenvalue weighted by atomic mass is 16.5. The molecule has 1 aromatic heterocycles. The monoisotopic (exact) mass is 387 g/mol. The van der Waals surface area contributed by atoms with Crippen LogP contribution in [0, 0.1) is 18.3 Å². The van der Waals surface area contributed by atoms with E-state index in [-0.39, 0.29) is 11.4 Å². The van der Waals surface area contributed by atoms with Crippen LogP contribution >= 0.6 is 0 Å². The van der Waals surface area contributed by atoms with Crippen LogP contribution in [0.1, 0.15) is 35.2 Å². The van der Waals surface area contributed by atoms with Gasteiger partial charge < -0.3 is 9.84 Å². The fraction of sp³-hybridized carbons (Fsp3) is 0.174. The van der Waals surface area contributed by atoms with Gasteiger partial charge in [-0.25, -0.2) is 0 Å². The molecule has 0 saturated carbocycles. The smallest absolute Gasteiger partial charge is 0.272 e. The molecule has 3 aromatic rings. The zero-order chi connectivity index (χ0) is 21.0. The van der Waals surface area contributed by atoms with E-state index in [2.05, 4.69) is 4.99 Å². The highest BCUT2D eigenvalue weighted by Gasteiger charge is 2.22. The lowest BCUT2D eigenvalue weighted by molar-refractivity contribution is 0.393. The number of pyridine rings is 1. The van der Waals surface area contributed by atoms with Crippen LogP contribution in [0.25, 0.3) is 0 Å². The second kappa shape index (κ2) is 8.44. The summed E-state index contributed by atoms with van der Waals surface area (Å²) in [5, 5.41) is 20.4. The number of hydrogen-bond donors (Lipinski definition) is 1. The van der Waals surface area contributed by atoms with Gasteiger partial charge in [0.25, 0.3) is 5.56 Å². The minimum absolute atomic E-state index is 0.0123. The molecule has 2 aromatic carbocycles. The van der Waals surface area contributed by atoms with E-state index in [1.165, 1.54) is 10.8 Å². The van der Waals surface area contributed by atoms with Crippen LogP contribution in [0.4, 0.5) is 5.69 Å². The molecule has 0 saturated heterocycles. The first-order chi connectivity index (χ1) is 14.0. The molecule has 0 bridgehead atoms. The molecule has 1 unspecified atom stereocenters. The van der Waals surface area contributed by atoms with E-state index in [1.54, 1.807) is 45.2 Å². The molecule has 29 heavy (non-hydrogen) atoms. The first kappa shape index (κ1) is 19.9. The minimum Gasteiger partial charge on any atom is -0.497 e. The Labute approximate surface area is 169 Å². The summed E-state index contributed by atoms with van der Waals surface area (Å²) in [7, 11) is 1.58. The summed E-state index contributed by atoms with van der Waals surface area (Å²) < 4.78 is 6.36. The predicted octanol–water partition coefficient (Wildman–Crippen LogP) is 4.10. The van der Waals surface area contributed by atoms with Gasteiger partial charge >= 0.3 is 0 Å². The molecule has 6 heteroatoms. The first-order valence-corrected chi connectivity index (χ1v) is 9.09. The van der Waals surface area contributed by atoms with Crippen LogP contribution in [0.2, 0.25) is 0 Å². The van der Waals surface area contributed by atoms with Crippen molar-refractivity contribution in [1.29, 1.82) is 5.26 Å². The van der Waals surface area contributed by atoms with E-state index in [1.807, 2.05) is 36.4 Å². The van der Waals surface area contributed by atoms with E-state index < -0.39 is 11.6 Å². The number of nitrogens with zero attached hydrogens (tertiary/aromatic N) is 3. The summed E-state index contributed by atoms with van der Waals surface area (Å²) in [4.78, 5) is 17.3. The van der Waals surface area contributed by atoms with E-state index in [0.29, 0.717) is 22.6 Å². The van der Waals surface area contributed by atoms with Crippen molar-refractivity contribution in [2.45, 2.75) is 19.9 Å². The number of ether oxygens (including phenoxy) is 1. The van der Waals surface area contributed by atoms with Crippen molar-refractivity contribution < 1.29 is 9.84 Å². The lowest BCUT2D eigenvalue weighted by Gasteiger charge is -2.20. The SMILES string of the molecule is COc1ccc(N=Cc2c(C)c(C#N)c(=O)n(C(C)c3ccccc3)c2O)cc1. The van der Waals surface area contributed by atoms with Crippen molar-refractivity contribution in [2.24, 2.45) is 4.99 Å². The highest BCUT2D eigenvalue weighted by molar-refractivity contribution is 5.87. The standard InChI is InChI=1S/C23H21N3O3/c1-15-20(13-24)22(27)26(16(2)17-7-5-4-6-8-17)23(28)21(15)14-25-18-9-11-19(29-3)12-10-18/h4-12,14,16,28H,1-3H3. The molecule has 0 fully saturated rings. The Morgan fingerprint density at radius 2 is 1.83 bits per heavy atom. The van der Waals surface area contributed by atoms with Gasteiger partial charge in [-0.15, -0.1) is 0 Å². The van der Waals surface area contributed by atoms with Crippen molar-refractivity contribution in [3.8, 4) is 17.7 Å². The van der Waals surface area contributed by atoms with E-state index in [9.17, 15) is 15.2 Å². The van der Waals surface area contributed by atoms with Crippen molar-refractivity contribution in [2.75, 3.05) is 7.11 Å². The van der Waals surface area contributed by atoms with Gasteiger partial charge in [0, 0.05) is 6.21 Å². The van der Waals surface area contributed by atoms with Gasteiger partial charge in [-0.05, 0) is 49.2 Å². The third kappa shape index (κ3) is 3.90. The number of aliphatic imine (C=N–C) groups is 1. The summed E-state index contributed by atoms with van der Waals surface area (Å²) in [6, 6.07) is 17.9. The highest BCUT2D eigenvalue weighted by Crippen LogP contribution is 2.27. The van der Waals surface area contributed by atoms with Gasteiger partial charge in [-0.3, -0.25) is 14.4 Å². The molecule has 0 aliphatic heterocycles. The third-order valence-electron chi connectivity index (χ3n) is 4.88. The second-order valence-corrected chi connectivity index (χ2v) is 6.57. The van der Waals surface area contributed by atoms with Crippen molar-refractivity contribution in [1.82, 2.24) is 4.57 Å². The average Bonchev–Trinajstić information content (AvgIpc) is 2.75. The quantitative estimate of drug-likeness (QED) is 0.668. The molecule has 0 radical (unpaired) electrons. The number of nitriles is 1. The minimum atomic E-state index is -0.527. The van der Waals surface area contributed by atoms with E-state index in [4.69, 9.17) is 4.74 Å². The topological polar surface area (TPSA) is 87.6 Å². The summed E-state index contributed by atoms with van der Waals surface area (Å²) in [5.74, 6) is 0.486. The molecular weight excluding hydrogens is 366 g/mol. The van der Waals surface area contributed by atoms with E-state index >= 15 is 0 Å². The largest absolute Gasteiger partial charge is 0.497 e. The first-order valence-electron chi connectivity index (χ1n) is 9.09. The Hall–Kier alpha value is -3.85. The number of methoxy groups -OCH3 is 1. The van der Waals surface area contributed by atoms with Crippen molar-refractivity contribution in [3.63, 3.8) is 0 Å². The lowest BCUT2D eigenvalue weighted by Crippen LogP contribution is -2.28. The molecule has 1 atom stereocenters. The van der Waals surface area contributed by atoms with Gasteiger partial charge in [-0.1, -0.05) is 30.3 Å². The molecule has 0 aliphatic rings. The van der Waals surface area contributed by atoms with Crippen molar-refractivity contribution >= 4 is 11.9 Å². The maximum Gasteiger partial charge on any atom is 0.272 e. The van der Waals surface area contributed by atoms with Crippen LogP contribution in [0.15, 0.2) is 64.4 Å². The summed E-state index contributed by atoms with van der Waals surface area (Å²) >= 11 is 0. The average molecular weight is 387 g/mol. The second-order valence-electron chi connectivity index (χ2n) is 6.57. The molecule has 146 valence electrons. The van der Waals surface area contributed by atoms with Crippen LogP contribution < -0.4 is 10.3 Å². The molecule has 0 aliphatic carbocycles.